The highest BCUT2D eigenvalue weighted by atomic mass is 15.2. The first-order chi connectivity index (χ1) is 11.5. The molecule has 0 radical (unpaired) electrons. The molecule has 1 saturated carbocycles. The molecule has 1 aliphatic heterocycles. The predicted molar refractivity (Wildman–Crippen MR) is 111 cm³/mol. The van der Waals surface area contributed by atoms with Gasteiger partial charge in [-0.05, 0) is 94.3 Å². The normalized spacial score (nSPS) is 27.8. The number of piperidine rings is 1. The third-order valence-electron chi connectivity index (χ3n) is 6.98. The van der Waals surface area contributed by atoms with Gasteiger partial charge in [0.2, 0.25) is 0 Å². The average Bonchev–Trinajstić information content (AvgIpc) is 2.52. The van der Waals surface area contributed by atoms with E-state index in [1.54, 1.807) is 0 Å². The second-order valence-electron chi connectivity index (χ2n) is 11.4. The Hall–Kier alpha value is -0.0800. The number of rotatable bonds is 5. The molecule has 25 heavy (non-hydrogen) atoms. The van der Waals surface area contributed by atoms with Gasteiger partial charge >= 0.3 is 0 Å². The van der Waals surface area contributed by atoms with Crippen molar-refractivity contribution in [3.8, 4) is 0 Å². The van der Waals surface area contributed by atoms with E-state index in [0.717, 1.165) is 17.9 Å². The van der Waals surface area contributed by atoms with Crippen LogP contribution >= 0.6 is 0 Å². The summed E-state index contributed by atoms with van der Waals surface area (Å²) in [4.78, 5) is 5.41. The van der Waals surface area contributed by atoms with E-state index in [1.807, 2.05) is 0 Å². The van der Waals surface area contributed by atoms with E-state index in [9.17, 15) is 0 Å². The van der Waals surface area contributed by atoms with Gasteiger partial charge in [0, 0.05) is 12.6 Å². The number of likely N-dealkylation sites (tertiary alicyclic amines) is 1. The minimum Gasteiger partial charge on any atom is -0.303 e. The molecule has 0 aromatic carbocycles. The summed E-state index contributed by atoms with van der Waals surface area (Å²) in [5.74, 6) is 1.89. The topological polar surface area (TPSA) is 6.48 Å². The molecule has 0 atom stereocenters. The lowest BCUT2D eigenvalue weighted by molar-refractivity contribution is 0.0863. The van der Waals surface area contributed by atoms with Crippen LogP contribution in [0, 0.1) is 22.7 Å². The van der Waals surface area contributed by atoms with E-state index in [0.29, 0.717) is 10.8 Å². The van der Waals surface area contributed by atoms with Gasteiger partial charge in [-0.1, -0.05) is 41.5 Å². The summed E-state index contributed by atoms with van der Waals surface area (Å²) in [6.07, 6.45) is 9.88. The Labute approximate surface area is 158 Å². The van der Waals surface area contributed by atoms with Crippen LogP contribution in [0.25, 0.3) is 0 Å². The van der Waals surface area contributed by atoms with Crippen LogP contribution in [0.5, 0.6) is 0 Å². The second kappa shape index (κ2) is 8.74. The molecule has 1 heterocycles. The van der Waals surface area contributed by atoms with Crippen LogP contribution in [0.15, 0.2) is 0 Å². The monoisotopic (exact) mass is 350 g/mol. The van der Waals surface area contributed by atoms with Gasteiger partial charge in [-0.3, -0.25) is 0 Å². The lowest BCUT2D eigenvalue weighted by atomic mass is 9.70. The molecule has 2 nitrogen and oxygen atoms in total. The molecule has 2 aliphatic rings. The maximum Gasteiger partial charge on any atom is 0.0117 e. The minimum absolute atomic E-state index is 0.472. The van der Waals surface area contributed by atoms with E-state index < -0.39 is 0 Å². The highest BCUT2D eigenvalue weighted by Gasteiger charge is 2.31. The molecule has 2 fully saturated rings. The van der Waals surface area contributed by atoms with Crippen molar-refractivity contribution in [2.24, 2.45) is 22.7 Å². The number of nitrogens with zero attached hydrogens (tertiary/aromatic N) is 2. The van der Waals surface area contributed by atoms with Crippen molar-refractivity contribution in [1.82, 2.24) is 9.80 Å². The van der Waals surface area contributed by atoms with Crippen molar-refractivity contribution in [3.63, 3.8) is 0 Å². The lowest BCUT2D eigenvalue weighted by Crippen LogP contribution is -2.45. The van der Waals surface area contributed by atoms with Crippen LogP contribution in [-0.4, -0.2) is 49.1 Å². The SMILES string of the molecule is CN(CC1CCC(C(C)(C)C)CC1)C1CCN(CCC(C)(C)C)CC1. The predicted octanol–water partition coefficient (Wildman–Crippen LogP) is 5.67. The van der Waals surface area contributed by atoms with Gasteiger partial charge in [0.15, 0.2) is 0 Å². The smallest absolute Gasteiger partial charge is 0.0117 e. The zero-order chi connectivity index (χ0) is 18.7. The molecule has 1 saturated heterocycles. The minimum atomic E-state index is 0.472. The molecular weight excluding hydrogens is 304 g/mol. The van der Waals surface area contributed by atoms with Crippen molar-refractivity contribution >= 4 is 0 Å². The van der Waals surface area contributed by atoms with Crippen LogP contribution in [0.3, 0.4) is 0 Å². The highest BCUT2D eigenvalue weighted by Crippen LogP contribution is 2.40. The zero-order valence-electron chi connectivity index (χ0n) is 18.4. The first-order valence-corrected chi connectivity index (χ1v) is 11.0. The highest BCUT2D eigenvalue weighted by molar-refractivity contribution is 4.84. The Kier molecular flexibility index (Phi) is 7.42. The van der Waals surface area contributed by atoms with Gasteiger partial charge in [-0.2, -0.15) is 0 Å². The summed E-state index contributed by atoms with van der Waals surface area (Å²) >= 11 is 0. The van der Waals surface area contributed by atoms with Crippen molar-refractivity contribution in [3.05, 3.63) is 0 Å². The fourth-order valence-electron chi connectivity index (χ4n) is 4.84. The Bertz CT molecular complexity index is 374. The van der Waals surface area contributed by atoms with Gasteiger partial charge in [0.1, 0.15) is 0 Å². The molecule has 0 unspecified atom stereocenters. The molecule has 148 valence electrons. The van der Waals surface area contributed by atoms with E-state index in [2.05, 4.69) is 58.4 Å². The molecule has 0 bridgehead atoms. The average molecular weight is 351 g/mol. The first kappa shape index (κ1) is 21.2. The molecule has 0 N–H and O–H groups in total. The fraction of sp³-hybridized carbons (Fsp3) is 1.00. The molecule has 2 heteroatoms. The zero-order valence-corrected chi connectivity index (χ0v) is 18.4. The molecule has 0 aromatic rings. The number of hydrogen-bond donors (Lipinski definition) is 0. The van der Waals surface area contributed by atoms with Gasteiger partial charge < -0.3 is 9.80 Å². The van der Waals surface area contributed by atoms with Crippen molar-refractivity contribution in [2.45, 2.75) is 92.5 Å². The summed E-state index contributed by atoms with van der Waals surface area (Å²) in [7, 11) is 2.39. The van der Waals surface area contributed by atoms with Gasteiger partial charge in [0.25, 0.3) is 0 Å². The molecule has 0 aromatic heterocycles. The van der Waals surface area contributed by atoms with Crippen LogP contribution < -0.4 is 0 Å². The summed E-state index contributed by atoms with van der Waals surface area (Å²) in [5, 5.41) is 0. The third kappa shape index (κ3) is 7.21. The Balaban J connectivity index is 1.67. The Morgan fingerprint density at radius 1 is 0.840 bits per heavy atom. The maximum absolute atomic E-state index is 2.71. The largest absolute Gasteiger partial charge is 0.303 e. The molecule has 0 spiro atoms. The first-order valence-electron chi connectivity index (χ1n) is 11.0. The van der Waals surface area contributed by atoms with Crippen LogP contribution in [0.1, 0.15) is 86.5 Å². The summed E-state index contributed by atoms with van der Waals surface area (Å²) in [6.45, 7) is 19.6. The van der Waals surface area contributed by atoms with Gasteiger partial charge in [-0.25, -0.2) is 0 Å². The Morgan fingerprint density at radius 2 is 1.40 bits per heavy atom. The molecule has 1 aliphatic carbocycles. The van der Waals surface area contributed by atoms with Crippen LogP contribution in [0.2, 0.25) is 0 Å². The van der Waals surface area contributed by atoms with Crippen molar-refractivity contribution in [2.75, 3.05) is 33.2 Å². The van der Waals surface area contributed by atoms with Crippen LogP contribution in [-0.2, 0) is 0 Å². The van der Waals surface area contributed by atoms with Crippen molar-refractivity contribution < 1.29 is 0 Å². The van der Waals surface area contributed by atoms with E-state index in [-0.39, 0.29) is 0 Å². The standard InChI is InChI=1S/C23H46N2/c1-22(2,3)14-17-25-15-12-21(13-16-25)24(7)18-19-8-10-20(11-9-19)23(4,5)6/h19-21H,8-18H2,1-7H3. The van der Waals surface area contributed by atoms with E-state index in [1.165, 1.54) is 71.1 Å². The quantitative estimate of drug-likeness (QED) is 0.630. The second-order valence-corrected chi connectivity index (χ2v) is 11.4. The van der Waals surface area contributed by atoms with E-state index >= 15 is 0 Å². The molecule has 2 rings (SSSR count). The maximum atomic E-state index is 2.71. The summed E-state index contributed by atoms with van der Waals surface area (Å²) < 4.78 is 0. The Morgan fingerprint density at radius 3 is 1.88 bits per heavy atom. The summed E-state index contributed by atoms with van der Waals surface area (Å²) in [6, 6.07) is 0.825. The van der Waals surface area contributed by atoms with Gasteiger partial charge in [-0.15, -0.1) is 0 Å². The van der Waals surface area contributed by atoms with E-state index in [4.69, 9.17) is 0 Å². The van der Waals surface area contributed by atoms with Gasteiger partial charge in [0.05, 0.1) is 0 Å². The van der Waals surface area contributed by atoms with Crippen molar-refractivity contribution in [1.29, 1.82) is 0 Å². The lowest BCUT2D eigenvalue weighted by Gasteiger charge is -2.41. The summed E-state index contributed by atoms with van der Waals surface area (Å²) in [5.41, 5.74) is 0.982. The number of hydrogen-bond acceptors (Lipinski definition) is 2. The molecule has 0 amide bonds. The fourth-order valence-corrected chi connectivity index (χ4v) is 4.84. The van der Waals surface area contributed by atoms with Crippen LogP contribution in [0.4, 0.5) is 0 Å². The third-order valence-corrected chi connectivity index (χ3v) is 6.98. The molecular formula is C23H46N2.